The standard InChI is InChI=1S/C19H22N4O/c1-13-5-7-14(8-6-13)18-15-12-23(11-9-16(15)21-22-18)19(24)17-4-2-3-10-20-17/h2-8,10,15-16,18,21-22H,9,11-12H2,1H3. The van der Waals surface area contributed by atoms with Gasteiger partial charge < -0.3 is 4.90 Å². The molecule has 3 heterocycles. The summed E-state index contributed by atoms with van der Waals surface area (Å²) in [6.07, 6.45) is 2.63. The fraction of sp³-hybridized carbons (Fsp3) is 0.368. The van der Waals surface area contributed by atoms with Gasteiger partial charge in [0.1, 0.15) is 5.69 Å². The first-order valence-corrected chi connectivity index (χ1v) is 8.50. The van der Waals surface area contributed by atoms with Crippen LogP contribution in [0.2, 0.25) is 0 Å². The van der Waals surface area contributed by atoms with Crippen LogP contribution in [0.15, 0.2) is 48.7 Å². The number of aromatic nitrogens is 1. The number of amides is 1. The van der Waals surface area contributed by atoms with Crippen LogP contribution in [0.1, 0.15) is 34.1 Å². The molecule has 1 aromatic heterocycles. The molecule has 124 valence electrons. The highest BCUT2D eigenvalue weighted by atomic mass is 16.2. The number of rotatable bonds is 2. The van der Waals surface area contributed by atoms with Crippen molar-refractivity contribution in [2.45, 2.75) is 25.4 Å². The minimum Gasteiger partial charge on any atom is -0.337 e. The quantitative estimate of drug-likeness (QED) is 0.889. The van der Waals surface area contributed by atoms with Gasteiger partial charge in [-0.25, -0.2) is 5.43 Å². The Labute approximate surface area is 142 Å². The Kier molecular flexibility index (Phi) is 4.04. The lowest BCUT2D eigenvalue weighted by Crippen LogP contribution is -2.48. The number of hydrogen-bond acceptors (Lipinski definition) is 4. The van der Waals surface area contributed by atoms with E-state index in [-0.39, 0.29) is 11.9 Å². The van der Waals surface area contributed by atoms with Gasteiger partial charge in [-0.3, -0.25) is 15.2 Å². The van der Waals surface area contributed by atoms with Crippen molar-refractivity contribution in [3.05, 3.63) is 65.5 Å². The van der Waals surface area contributed by atoms with E-state index in [1.165, 1.54) is 11.1 Å². The monoisotopic (exact) mass is 322 g/mol. The Morgan fingerprint density at radius 2 is 2.00 bits per heavy atom. The maximum Gasteiger partial charge on any atom is 0.272 e. The smallest absolute Gasteiger partial charge is 0.272 e. The average molecular weight is 322 g/mol. The lowest BCUT2D eigenvalue weighted by atomic mass is 9.85. The first-order chi connectivity index (χ1) is 11.7. The molecule has 2 saturated heterocycles. The van der Waals surface area contributed by atoms with Crippen LogP contribution in [0, 0.1) is 12.8 Å². The van der Waals surface area contributed by atoms with Crippen molar-refractivity contribution in [1.82, 2.24) is 20.7 Å². The van der Waals surface area contributed by atoms with Gasteiger partial charge in [0, 0.05) is 31.2 Å². The van der Waals surface area contributed by atoms with Gasteiger partial charge in [-0.15, -0.1) is 0 Å². The van der Waals surface area contributed by atoms with Crippen molar-refractivity contribution < 1.29 is 4.79 Å². The van der Waals surface area contributed by atoms with Crippen LogP contribution in [-0.2, 0) is 0 Å². The first kappa shape index (κ1) is 15.3. The third kappa shape index (κ3) is 2.81. The number of likely N-dealkylation sites (tertiary alicyclic amines) is 1. The van der Waals surface area contributed by atoms with E-state index in [0.717, 1.165) is 19.5 Å². The molecule has 4 rings (SSSR count). The molecule has 0 saturated carbocycles. The molecule has 1 amide bonds. The van der Waals surface area contributed by atoms with Crippen LogP contribution in [0.25, 0.3) is 0 Å². The number of benzene rings is 1. The predicted molar refractivity (Wildman–Crippen MR) is 92.2 cm³/mol. The number of fused-ring (bicyclic) bond motifs is 1. The topological polar surface area (TPSA) is 57.3 Å². The van der Waals surface area contributed by atoms with E-state index in [1.807, 2.05) is 17.0 Å². The van der Waals surface area contributed by atoms with Gasteiger partial charge in [0.15, 0.2) is 0 Å². The molecule has 0 spiro atoms. The Balaban J connectivity index is 1.53. The van der Waals surface area contributed by atoms with E-state index in [4.69, 9.17) is 0 Å². The number of piperidine rings is 1. The first-order valence-electron chi connectivity index (χ1n) is 8.50. The van der Waals surface area contributed by atoms with Gasteiger partial charge in [0.25, 0.3) is 5.91 Å². The molecular weight excluding hydrogens is 300 g/mol. The van der Waals surface area contributed by atoms with Crippen molar-refractivity contribution in [1.29, 1.82) is 0 Å². The minimum atomic E-state index is 0.0311. The van der Waals surface area contributed by atoms with Crippen LogP contribution in [0.3, 0.4) is 0 Å². The number of hydrogen-bond donors (Lipinski definition) is 2. The van der Waals surface area contributed by atoms with E-state index in [2.05, 4.69) is 47.0 Å². The van der Waals surface area contributed by atoms with E-state index >= 15 is 0 Å². The second-order valence-corrected chi connectivity index (χ2v) is 6.70. The van der Waals surface area contributed by atoms with Crippen molar-refractivity contribution in [2.75, 3.05) is 13.1 Å². The molecule has 2 N–H and O–H groups in total. The average Bonchev–Trinajstić information content (AvgIpc) is 3.05. The maximum absolute atomic E-state index is 12.7. The molecule has 2 aliphatic heterocycles. The molecule has 3 atom stereocenters. The number of carbonyl (C=O) groups excluding carboxylic acids is 1. The van der Waals surface area contributed by atoms with Crippen molar-refractivity contribution in [2.24, 2.45) is 5.92 Å². The number of aryl methyl sites for hydroxylation is 1. The van der Waals surface area contributed by atoms with Crippen LogP contribution in [0.4, 0.5) is 0 Å². The summed E-state index contributed by atoms with van der Waals surface area (Å²) in [7, 11) is 0. The normalized spacial score (nSPS) is 26.2. The Morgan fingerprint density at radius 3 is 2.75 bits per heavy atom. The summed E-state index contributed by atoms with van der Waals surface area (Å²) in [6, 6.07) is 14.8. The number of nitrogens with zero attached hydrogens (tertiary/aromatic N) is 2. The number of pyridine rings is 1. The zero-order valence-electron chi connectivity index (χ0n) is 13.8. The molecule has 0 aliphatic carbocycles. The lowest BCUT2D eigenvalue weighted by molar-refractivity contribution is 0.0646. The SMILES string of the molecule is Cc1ccc(C2NNC3CCN(C(=O)c4ccccn4)CC32)cc1. The summed E-state index contributed by atoms with van der Waals surface area (Å²) in [6.45, 7) is 3.62. The van der Waals surface area contributed by atoms with Crippen LogP contribution >= 0.6 is 0 Å². The molecular formula is C19H22N4O. The molecule has 5 heteroatoms. The lowest BCUT2D eigenvalue weighted by Gasteiger charge is -2.36. The van der Waals surface area contributed by atoms with Gasteiger partial charge >= 0.3 is 0 Å². The van der Waals surface area contributed by atoms with Crippen molar-refractivity contribution in [3.8, 4) is 0 Å². The Hall–Kier alpha value is -2.24. The fourth-order valence-electron chi connectivity index (χ4n) is 3.74. The molecule has 0 radical (unpaired) electrons. The van der Waals surface area contributed by atoms with Gasteiger partial charge in [-0.05, 0) is 31.0 Å². The zero-order chi connectivity index (χ0) is 16.5. The molecule has 2 aliphatic rings. The van der Waals surface area contributed by atoms with Crippen LogP contribution in [0.5, 0.6) is 0 Å². The van der Waals surface area contributed by atoms with Crippen molar-refractivity contribution in [3.63, 3.8) is 0 Å². The molecule has 1 aromatic carbocycles. The number of nitrogens with one attached hydrogen (secondary N) is 2. The summed E-state index contributed by atoms with van der Waals surface area (Å²) >= 11 is 0. The summed E-state index contributed by atoms with van der Waals surface area (Å²) in [5.74, 6) is 0.401. The third-order valence-corrected chi connectivity index (χ3v) is 5.12. The molecule has 24 heavy (non-hydrogen) atoms. The summed E-state index contributed by atoms with van der Waals surface area (Å²) in [5, 5.41) is 0. The molecule has 2 aromatic rings. The molecule has 5 nitrogen and oxygen atoms in total. The van der Waals surface area contributed by atoms with Gasteiger partial charge in [0.2, 0.25) is 0 Å². The summed E-state index contributed by atoms with van der Waals surface area (Å²) in [5.41, 5.74) is 9.91. The fourth-order valence-corrected chi connectivity index (χ4v) is 3.74. The molecule has 3 unspecified atom stereocenters. The number of carbonyl (C=O) groups is 1. The summed E-state index contributed by atoms with van der Waals surface area (Å²) < 4.78 is 0. The number of hydrazine groups is 1. The minimum absolute atomic E-state index is 0.0311. The molecule has 2 fully saturated rings. The van der Waals surface area contributed by atoms with E-state index in [0.29, 0.717) is 17.7 Å². The Morgan fingerprint density at radius 1 is 1.17 bits per heavy atom. The second kappa shape index (κ2) is 6.34. The van der Waals surface area contributed by atoms with Gasteiger partial charge in [-0.1, -0.05) is 35.9 Å². The third-order valence-electron chi connectivity index (χ3n) is 5.12. The van der Waals surface area contributed by atoms with Crippen LogP contribution < -0.4 is 10.9 Å². The Bertz CT molecular complexity index is 716. The van der Waals surface area contributed by atoms with E-state index < -0.39 is 0 Å². The van der Waals surface area contributed by atoms with Crippen LogP contribution in [-0.4, -0.2) is 34.9 Å². The highest BCUT2D eigenvalue weighted by Gasteiger charge is 2.41. The largest absolute Gasteiger partial charge is 0.337 e. The van der Waals surface area contributed by atoms with E-state index in [1.54, 1.807) is 12.3 Å². The maximum atomic E-state index is 12.7. The second-order valence-electron chi connectivity index (χ2n) is 6.70. The van der Waals surface area contributed by atoms with Gasteiger partial charge in [0.05, 0.1) is 6.04 Å². The predicted octanol–water partition coefficient (Wildman–Crippen LogP) is 2.07. The highest BCUT2D eigenvalue weighted by Crippen LogP contribution is 2.34. The van der Waals surface area contributed by atoms with Crippen molar-refractivity contribution >= 4 is 5.91 Å². The molecule has 0 bridgehead atoms. The van der Waals surface area contributed by atoms with E-state index in [9.17, 15) is 4.79 Å². The highest BCUT2D eigenvalue weighted by molar-refractivity contribution is 5.92. The van der Waals surface area contributed by atoms with Gasteiger partial charge in [-0.2, -0.15) is 0 Å². The zero-order valence-corrected chi connectivity index (χ0v) is 13.8. The summed E-state index contributed by atoms with van der Waals surface area (Å²) in [4.78, 5) is 18.8.